The molecule has 0 spiro atoms. The van der Waals surface area contributed by atoms with Crippen LogP contribution in [0, 0.1) is 0 Å². The van der Waals surface area contributed by atoms with E-state index in [4.69, 9.17) is 9.47 Å². The van der Waals surface area contributed by atoms with Crippen molar-refractivity contribution in [2.24, 2.45) is 0 Å². The molecule has 0 aliphatic rings. The number of aliphatic hydroxyl groups is 1. The Morgan fingerprint density at radius 3 is 2.29 bits per heavy atom. The van der Waals surface area contributed by atoms with Crippen LogP contribution in [0.4, 0.5) is 0 Å². The molecule has 0 aromatic carbocycles. The number of esters is 2. The summed E-state index contributed by atoms with van der Waals surface area (Å²) in [5.74, 6) is -1.05. The molecule has 164 valence electrons. The number of rotatable bonds is 18. The Bertz CT molecular complexity index is 415. The van der Waals surface area contributed by atoms with Crippen LogP contribution in [0.3, 0.4) is 0 Å². The molecule has 0 amide bonds. The van der Waals surface area contributed by atoms with Crippen molar-refractivity contribution in [2.75, 3.05) is 7.11 Å². The summed E-state index contributed by atoms with van der Waals surface area (Å²) in [6.07, 6.45) is 16.7. The lowest BCUT2D eigenvalue weighted by atomic mass is 10.1. The predicted octanol–water partition coefficient (Wildman–Crippen LogP) is 5.49. The van der Waals surface area contributed by atoms with Gasteiger partial charge in [-0.3, -0.25) is 4.79 Å². The molecule has 5 heteroatoms. The summed E-state index contributed by atoms with van der Waals surface area (Å²) in [7, 11) is 1.44. The van der Waals surface area contributed by atoms with E-state index in [0.717, 1.165) is 57.8 Å². The summed E-state index contributed by atoms with van der Waals surface area (Å²) >= 11 is 0. The van der Waals surface area contributed by atoms with Crippen molar-refractivity contribution in [2.45, 2.75) is 116 Å². The molecule has 0 fully saturated rings. The van der Waals surface area contributed by atoms with Crippen LogP contribution in [-0.2, 0) is 19.1 Å². The van der Waals surface area contributed by atoms with Gasteiger partial charge < -0.3 is 14.6 Å². The molecule has 0 aromatic heterocycles. The molecule has 1 unspecified atom stereocenters. The van der Waals surface area contributed by atoms with E-state index in [0.29, 0.717) is 6.42 Å². The van der Waals surface area contributed by atoms with Gasteiger partial charge in [-0.25, -0.2) is 4.79 Å². The third kappa shape index (κ3) is 15.8. The average Bonchev–Trinajstić information content (AvgIpc) is 2.67. The maximum Gasteiger partial charge on any atom is 0.342 e. The first-order chi connectivity index (χ1) is 13.5. The van der Waals surface area contributed by atoms with Crippen LogP contribution in [-0.4, -0.2) is 36.4 Å². The fourth-order valence-electron chi connectivity index (χ4n) is 3.02. The van der Waals surface area contributed by atoms with Gasteiger partial charge >= 0.3 is 11.9 Å². The maximum atomic E-state index is 11.6. The van der Waals surface area contributed by atoms with E-state index in [1.165, 1.54) is 26.4 Å². The van der Waals surface area contributed by atoms with Gasteiger partial charge in [-0.05, 0) is 38.5 Å². The van der Waals surface area contributed by atoms with Crippen LogP contribution in [0.5, 0.6) is 0 Å². The summed E-state index contributed by atoms with van der Waals surface area (Å²) in [5.41, 5.74) is 0. The molecule has 5 nitrogen and oxygen atoms in total. The van der Waals surface area contributed by atoms with Crippen LogP contribution < -0.4 is 0 Å². The fourth-order valence-corrected chi connectivity index (χ4v) is 3.02. The van der Waals surface area contributed by atoms with Crippen molar-refractivity contribution >= 4 is 11.9 Å². The molecule has 0 heterocycles. The number of hydrogen-bond acceptors (Lipinski definition) is 5. The van der Waals surface area contributed by atoms with Gasteiger partial charge in [0.05, 0.1) is 6.10 Å². The first-order valence-corrected chi connectivity index (χ1v) is 11.1. The fraction of sp³-hybridized carbons (Fsp3) is 0.826. The predicted molar refractivity (Wildman–Crippen MR) is 113 cm³/mol. The number of aliphatic hydroxyl groups excluding tert-OH is 1. The van der Waals surface area contributed by atoms with E-state index in [9.17, 15) is 14.7 Å². The Morgan fingerprint density at radius 1 is 0.929 bits per heavy atom. The first-order valence-electron chi connectivity index (χ1n) is 11.1. The lowest BCUT2D eigenvalue weighted by Crippen LogP contribution is -2.26. The summed E-state index contributed by atoms with van der Waals surface area (Å²) in [4.78, 5) is 23.2. The Kier molecular flexibility index (Phi) is 18.3. The van der Waals surface area contributed by atoms with E-state index in [-0.39, 0.29) is 12.5 Å². The van der Waals surface area contributed by atoms with Gasteiger partial charge in [0.25, 0.3) is 0 Å². The van der Waals surface area contributed by atoms with Crippen LogP contribution in [0.25, 0.3) is 0 Å². The zero-order valence-electron chi connectivity index (χ0n) is 18.3. The molecule has 1 N–H and O–H groups in total. The Morgan fingerprint density at radius 2 is 1.61 bits per heavy atom. The minimum atomic E-state index is -0.654. The number of unbranched alkanes of at least 4 members (excludes halogenated alkanes) is 8. The number of hydrogen-bond donors (Lipinski definition) is 1. The molecule has 0 rings (SSSR count). The van der Waals surface area contributed by atoms with Crippen LogP contribution in [0.1, 0.15) is 104 Å². The van der Waals surface area contributed by atoms with Crippen molar-refractivity contribution < 1.29 is 24.2 Å². The van der Waals surface area contributed by atoms with Gasteiger partial charge in [-0.1, -0.05) is 70.9 Å². The van der Waals surface area contributed by atoms with Crippen LogP contribution in [0.2, 0.25) is 0 Å². The van der Waals surface area contributed by atoms with Crippen molar-refractivity contribution in [3.63, 3.8) is 0 Å². The highest BCUT2D eigenvalue weighted by Gasteiger charge is 2.20. The van der Waals surface area contributed by atoms with Crippen LogP contribution in [0.15, 0.2) is 12.2 Å². The van der Waals surface area contributed by atoms with Crippen molar-refractivity contribution in [1.82, 2.24) is 0 Å². The molecule has 28 heavy (non-hydrogen) atoms. The molecule has 0 aliphatic carbocycles. The largest absolute Gasteiger partial charge is 0.393 e. The summed E-state index contributed by atoms with van der Waals surface area (Å²) in [5, 5.41) is 9.89. The molecule has 0 bridgehead atoms. The van der Waals surface area contributed by atoms with E-state index in [2.05, 4.69) is 19.1 Å². The van der Waals surface area contributed by atoms with Crippen molar-refractivity contribution in [3.05, 3.63) is 12.2 Å². The summed E-state index contributed by atoms with van der Waals surface area (Å²) in [6, 6.07) is 0. The molecule has 0 saturated heterocycles. The third-order valence-electron chi connectivity index (χ3n) is 4.85. The molecule has 0 saturated carbocycles. The second-order valence-electron chi connectivity index (χ2n) is 7.44. The van der Waals surface area contributed by atoms with Crippen molar-refractivity contribution in [3.8, 4) is 0 Å². The van der Waals surface area contributed by atoms with Gasteiger partial charge in [0.1, 0.15) is 0 Å². The number of allylic oxidation sites excluding steroid dienone is 1. The highest BCUT2D eigenvalue weighted by atomic mass is 16.6. The molecule has 0 aliphatic heterocycles. The second kappa shape index (κ2) is 19.1. The SMILES string of the molecule is CCCCCC[C@@H](O)C/C=C\CCCCCCCC(=O)OC(=O)C(CC)OC. The van der Waals surface area contributed by atoms with Crippen LogP contribution >= 0.6 is 0 Å². The minimum absolute atomic E-state index is 0.198. The Labute approximate surface area is 171 Å². The quantitative estimate of drug-likeness (QED) is 0.143. The van der Waals surface area contributed by atoms with Crippen molar-refractivity contribution in [1.29, 1.82) is 0 Å². The van der Waals surface area contributed by atoms with Gasteiger partial charge in [0.15, 0.2) is 6.10 Å². The molecular weight excluding hydrogens is 356 g/mol. The monoisotopic (exact) mass is 398 g/mol. The lowest BCUT2D eigenvalue weighted by molar-refractivity contribution is -0.167. The average molecular weight is 399 g/mol. The normalized spacial score (nSPS) is 13.6. The maximum absolute atomic E-state index is 11.6. The number of methoxy groups -OCH3 is 1. The summed E-state index contributed by atoms with van der Waals surface area (Å²) in [6.45, 7) is 4.01. The lowest BCUT2D eigenvalue weighted by Gasteiger charge is -2.10. The number of ether oxygens (including phenoxy) is 2. The minimum Gasteiger partial charge on any atom is -0.393 e. The topological polar surface area (TPSA) is 72.8 Å². The third-order valence-corrected chi connectivity index (χ3v) is 4.85. The Balaban J connectivity index is 3.52. The highest BCUT2D eigenvalue weighted by molar-refractivity contribution is 5.87. The Hall–Kier alpha value is -1.20. The van der Waals surface area contributed by atoms with E-state index in [1.54, 1.807) is 0 Å². The van der Waals surface area contributed by atoms with Gasteiger partial charge in [-0.15, -0.1) is 0 Å². The zero-order chi connectivity index (χ0) is 21.0. The standard InChI is InChI=1S/C23H42O5/c1-4-6-7-14-17-20(24)18-15-12-10-8-9-11-13-16-19-22(25)28-23(26)21(5-2)27-3/h12,15,20-21,24H,4-11,13-14,16-19H2,1-3H3/b15-12-/t20-,21?/m1/s1. The first kappa shape index (κ1) is 26.8. The summed E-state index contributed by atoms with van der Waals surface area (Å²) < 4.78 is 9.74. The van der Waals surface area contributed by atoms with E-state index >= 15 is 0 Å². The van der Waals surface area contributed by atoms with Gasteiger partial charge in [-0.2, -0.15) is 0 Å². The molecule has 0 aromatic rings. The smallest absolute Gasteiger partial charge is 0.342 e. The molecule has 2 atom stereocenters. The highest BCUT2D eigenvalue weighted by Crippen LogP contribution is 2.11. The van der Waals surface area contributed by atoms with Gasteiger partial charge in [0, 0.05) is 13.5 Å². The molecule has 0 radical (unpaired) electrons. The zero-order valence-corrected chi connectivity index (χ0v) is 18.3. The van der Waals surface area contributed by atoms with E-state index in [1.807, 2.05) is 6.92 Å². The van der Waals surface area contributed by atoms with Gasteiger partial charge in [0.2, 0.25) is 0 Å². The van der Waals surface area contributed by atoms with E-state index < -0.39 is 18.0 Å². The second-order valence-corrected chi connectivity index (χ2v) is 7.44. The number of carbonyl (C=O) groups is 2. The number of carbonyl (C=O) groups excluding carboxylic acids is 2. The molecular formula is C23H42O5.